The predicted molar refractivity (Wildman–Crippen MR) is 90.9 cm³/mol. The summed E-state index contributed by atoms with van der Waals surface area (Å²) in [7, 11) is -1.53. The van der Waals surface area contributed by atoms with Crippen LogP contribution in [0.25, 0.3) is 22.6 Å². The Labute approximate surface area is 143 Å². The van der Waals surface area contributed by atoms with E-state index in [-0.39, 0.29) is 11.6 Å². The van der Waals surface area contributed by atoms with Crippen molar-refractivity contribution in [1.82, 2.24) is 4.98 Å². The molecule has 1 aromatic heterocycles. The van der Waals surface area contributed by atoms with Crippen LogP contribution < -0.4 is 10.0 Å². The Bertz CT molecular complexity index is 933. The minimum absolute atomic E-state index is 0.0274. The third-order valence-corrected chi connectivity index (χ3v) is 6.30. The molecular formula is C17H16F2NO4P. The van der Waals surface area contributed by atoms with Gasteiger partial charge in [0, 0.05) is 18.6 Å². The van der Waals surface area contributed by atoms with Gasteiger partial charge >= 0.3 is 6.61 Å². The van der Waals surface area contributed by atoms with Crippen molar-refractivity contribution in [3.8, 4) is 17.2 Å². The molecule has 1 atom stereocenters. The molecule has 0 radical (unpaired) electrons. The second-order valence-electron chi connectivity index (χ2n) is 5.22. The number of alkyl halides is 2. The number of halogens is 2. The highest BCUT2D eigenvalue weighted by molar-refractivity contribution is 7.66. The van der Waals surface area contributed by atoms with E-state index < -0.39 is 14.0 Å². The quantitative estimate of drug-likeness (QED) is 0.593. The summed E-state index contributed by atoms with van der Waals surface area (Å²) in [6.07, 6.45) is 0.352. The number of fused-ring (bicyclic) bond motifs is 1. The number of hydrogen-bond donors (Lipinski definition) is 0. The smallest absolute Gasteiger partial charge is 0.387 e. The SMILES string of the molecule is CCP(=O)(OC)c1ccc2oc(-c3ccccc3OC(F)F)nc2c1. The van der Waals surface area contributed by atoms with Crippen molar-refractivity contribution < 1.29 is 27.0 Å². The van der Waals surface area contributed by atoms with E-state index in [2.05, 4.69) is 9.72 Å². The van der Waals surface area contributed by atoms with Crippen LogP contribution in [0.3, 0.4) is 0 Å². The first-order chi connectivity index (χ1) is 12.0. The first-order valence-electron chi connectivity index (χ1n) is 7.57. The summed E-state index contributed by atoms with van der Waals surface area (Å²) < 4.78 is 53.1. The first-order valence-corrected chi connectivity index (χ1v) is 9.38. The first kappa shape index (κ1) is 17.6. The zero-order valence-electron chi connectivity index (χ0n) is 13.6. The number of ether oxygens (including phenoxy) is 1. The van der Waals surface area contributed by atoms with E-state index in [9.17, 15) is 13.3 Å². The molecule has 132 valence electrons. The van der Waals surface area contributed by atoms with Crippen LogP contribution in [-0.2, 0) is 9.09 Å². The van der Waals surface area contributed by atoms with Crippen molar-refractivity contribution in [2.45, 2.75) is 13.5 Å². The lowest BCUT2D eigenvalue weighted by Gasteiger charge is -2.13. The molecule has 0 fully saturated rings. The van der Waals surface area contributed by atoms with Crippen LogP contribution in [-0.4, -0.2) is 24.9 Å². The fourth-order valence-electron chi connectivity index (χ4n) is 2.50. The monoisotopic (exact) mass is 367 g/mol. The Morgan fingerprint density at radius 1 is 1.24 bits per heavy atom. The molecule has 0 saturated carbocycles. The summed E-state index contributed by atoms with van der Waals surface area (Å²) in [6.45, 7) is -1.17. The molecule has 0 aliphatic heterocycles. The van der Waals surface area contributed by atoms with Gasteiger partial charge < -0.3 is 13.7 Å². The molecule has 2 aromatic carbocycles. The molecule has 0 saturated heterocycles. The zero-order chi connectivity index (χ0) is 18.0. The summed E-state index contributed by atoms with van der Waals surface area (Å²) in [6, 6.07) is 11.2. The average Bonchev–Trinajstić information content (AvgIpc) is 3.04. The maximum absolute atomic E-state index is 12.7. The van der Waals surface area contributed by atoms with Crippen LogP contribution in [0.15, 0.2) is 46.9 Å². The largest absolute Gasteiger partial charge is 0.436 e. The summed E-state index contributed by atoms with van der Waals surface area (Å²) in [5.41, 5.74) is 1.22. The van der Waals surface area contributed by atoms with Gasteiger partial charge in [-0.25, -0.2) is 4.98 Å². The summed E-state index contributed by atoms with van der Waals surface area (Å²) in [5, 5.41) is 0.530. The van der Waals surface area contributed by atoms with Gasteiger partial charge in [-0.1, -0.05) is 19.1 Å². The second-order valence-corrected chi connectivity index (χ2v) is 8.08. The lowest BCUT2D eigenvalue weighted by molar-refractivity contribution is -0.0495. The van der Waals surface area contributed by atoms with E-state index in [1.54, 1.807) is 43.3 Å². The Kier molecular flexibility index (Phi) is 4.88. The molecule has 8 heteroatoms. The van der Waals surface area contributed by atoms with E-state index in [4.69, 9.17) is 8.94 Å². The van der Waals surface area contributed by atoms with Crippen molar-refractivity contribution in [2.75, 3.05) is 13.3 Å². The third-order valence-electron chi connectivity index (χ3n) is 3.81. The van der Waals surface area contributed by atoms with E-state index in [0.717, 1.165) is 0 Å². The molecule has 5 nitrogen and oxygen atoms in total. The molecule has 1 heterocycles. The van der Waals surface area contributed by atoms with Gasteiger partial charge in [0.15, 0.2) is 5.58 Å². The molecule has 25 heavy (non-hydrogen) atoms. The van der Waals surface area contributed by atoms with Gasteiger partial charge in [-0.2, -0.15) is 8.78 Å². The van der Waals surface area contributed by atoms with Crippen LogP contribution in [0.4, 0.5) is 8.78 Å². The summed E-state index contributed by atoms with van der Waals surface area (Å²) >= 11 is 0. The Balaban J connectivity index is 2.07. The Hall–Kier alpha value is -2.24. The molecule has 3 aromatic rings. The van der Waals surface area contributed by atoms with E-state index in [1.807, 2.05) is 0 Å². The van der Waals surface area contributed by atoms with Gasteiger partial charge in [0.25, 0.3) is 0 Å². The molecule has 0 N–H and O–H groups in total. The minimum Gasteiger partial charge on any atom is -0.436 e. The molecule has 3 rings (SSSR count). The van der Waals surface area contributed by atoms with Gasteiger partial charge in [-0.05, 0) is 30.3 Å². The number of nitrogens with zero attached hydrogens (tertiary/aromatic N) is 1. The number of rotatable bonds is 6. The molecule has 0 aliphatic rings. The fraction of sp³-hybridized carbons (Fsp3) is 0.235. The van der Waals surface area contributed by atoms with Crippen molar-refractivity contribution in [3.63, 3.8) is 0 Å². The van der Waals surface area contributed by atoms with Crippen molar-refractivity contribution in [3.05, 3.63) is 42.5 Å². The van der Waals surface area contributed by atoms with Gasteiger partial charge in [-0.3, -0.25) is 4.57 Å². The number of para-hydroxylation sites is 1. The normalized spacial score (nSPS) is 14.0. The van der Waals surface area contributed by atoms with Gasteiger partial charge in [-0.15, -0.1) is 0 Å². The Morgan fingerprint density at radius 2 is 2.00 bits per heavy atom. The number of benzene rings is 2. The molecule has 0 amide bonds. The highest BCUT2D eigenvalue weighted by Crippen LogP contribution is 2.44. The molecule has 0 bridgehead atoms. The predicted octanol–water partition coefficient (Wildman–Crippen LogP) is 4.67. The molecule has 0 aliphatic carbocycles. The number of oxazole rings is 1. The maximum Gasteiger partial charge on any atom is 0.387 e. The van der Waals surface area contributed by atoms with Crippen molar-refractivity contribution in [2.24, 2.45) is 0 Å². The van der Waals surface area contributed by atoms with E-state index in [0.29, 0.717) is 28.1 Å². The topological polar surface area (TPSA) is 61.6 Å². The van der Waals surface area contributed by atoms with Crippen LogP contribution in [0, 0.1) is 0 Å². The van der Waals surface area contributed by atoms with Crippen LogP contribution in [0.5, 0.6) is 5.75 Å². The van der Waals surface area contributed by atoms with Crippen molar-refractivity contribution in [1.29, 1.82) is 0 Å². The lowest BCUT2D eigenvalue weighted by atomic mass is 10.2. The van der Waals surface area contributed by atoms with E-state index in [1.165, 1.54) is 13.2 Å². The Morgan fingerprint density at radius 3 is 2.68 bits per heavy atom. The molecule has 0 spiro atoms. The summed E-state index contributed by atoms with van der Waals surface area (Å²) in [4.78, 5) is 4.33. The van der Waals surface area contributed by atoms with Gasteiger partial charge in [0.1, 0.15) is 11.3 Å². The minimum atomic E-state index is -2.95. The highest BCUT2D eigenvalue weighted by atomic mass is 31.2. The highest BCUT2D eigenvalue weighted by Gasteiger charge is 2.23. The maximum atomic E-state index is 12.7. The van der Waals surface area contributed by atoms with Gasteiger partial charge in [0.05, 0.1) is 5.56 Å². The van der Waals surface area contributed by atoms with Crippen LogP contribution >= 0.6 is 7.37 Å². The zero-order valence-corrected chi connectivity index (χ0v) is 14.5. The number of aromatic nitrogens is 1. The fourth-order valence-corrected chi connectivity index (χ4v) is 3.96. The number of hydrogen-bond acceptors (Lipinski definition) is 5. The lowest BCUT2D eigenvalue weighted by Crippen LogP contribution is -2.07. The molecule has 1 unspecified atom stereocenters. The summed E-state index contributed by atoms with van der Waals surface area (Å²) in [5.74, 6) is 0.118. The van der Waals surface area contributed by atoms with Crippen LogP contribution in [0.1, 0.15) is 6.92 Å². The second kappa shape index (κ2) is 6.94. The standard InChI is InChI=1S/C17H16F2NO4P/c1-3-25(21,22-2)11-8-9-15-13(10-11)20-16(23-15)12-6-4-5-7-14(12)24-17(18)19/h4-10,17H,3H2,1-2H3. The molecular weight excluding hydrogens is 351 g/mol. The van der Waals surface area contributed by atoms with Crippen LogP contribution in [0.2, 0.25) is 0 Å². The van der Waals surface area contributed by atoms with Gasteiger partial charge in [0.2, 0.25) is 13.3 Å². The van der Waals surface area contributed by atoms with Crippen molar-refractivity contribution >= 4 is 23.8 Å². The average molecular weight is 367 g/mol. The van der Waals surface area contributed by atoms with E-state index >= 15 is 0 Å². The third kappa shape index (κ3) is 3.43.